The van der Waals surface area contributed by atoms with Gasteiger partial charge >= 0.3 is 5.91 Å². The van der Waals surface area contributed by atoms with Crippen LogP contribution in [0.3, 0.4) is 0 Å². The van der Waals surface area contributed by atoms with Crippen molar-refractivity contribution in [3.63, 3.8) is 0 Å². The van der Waals surface area contributed by atoms with Crippen molar-refractivity contribution >= 4 is 17.6 Å². The van der Waals surface area contributed by atoms with Crippen molar-refractivity contribution in [2.45, 2.75) is 19.8 Å². The van der Waals surface area contributed by atoms with Crippen LogP contribution < -0.4 is 15.6 Å². The summed E-state index contributed by atoms with van der Waals surface area (Å²) in [6.45, 7) is 2.43. The largest absolute Gasteiger partial charge is 0.494 e. The van der Waals surface area contributed by atoms with Gasteiger partial charge in [-0.15, -0.1) is 0 Å². The molecule has 0 spiro atoms. The van der Waals surface area contributed by atoms with Crippen molar-refractivity contribution in [3.05, 3.63) is 54.0 Å². The lowest BCUT2D eigenvalue weighted by Crippen LogP contribution is -2.41. The molecular weight excluding hydrogens is 312 g/mol. The van der Waals surface area contributed by atoms with E-state index in [1.165, 1.54) is 12.3 Å². The lowest BCUT2D eigenvalue weighted by atomic mass is 10.1. The summed E-state index contributed by atoms with van der Waals surface area (Å²) >= 11 is 0. The summed E-state index contributed by atoms with van der Waals surface area (Å²) in [5, 5.41) is 0. The van der Waals surface area contributed by atoms with E-state index in [1.54, 1.807) is 30.3 Å². The molecule has 0 unspecified atom stereocenters. The van der Waals surface area contributed by atoms with E-state index in [4.69, 9.17) is 9.15 Å². The first kappa shape index (κ1) is 17.3. The molecule has 24 heavy (non-hydrogen) atoms. The molecule has 2 amide bonds. The quantitative estimate of drug-likeness (QED) is 0.598. The monoisotopic (exact) mass is 330 g/mol. The number of hydrogen-bond donors (Lipinski definition) is 2. The molecule has 0 radical (unpaired) electrons. The highest BCUT2D eigenvalue weighted by atomic mass is 16.5. The zero-order valence-electron chi connectivity index (χ0n) is 13.2. The second-order valence-corrected chi connectivity index (χ2v) is 4.86. The van der Waals surface area contributed by atoms with Crippen molar-refractivity contribution in [2.75, 3.05) is 6.61 Å². The van der Waals surface area contributed by atoms with Gasteiger partial charge in [-0.3, -0.25) is 25.2 Å². The summed E-state index contributed by atoms with van der Waals surface area (Å²) in [6, 6.07) is 9.76. The Balaban J connectivity index is 1.74. The number of hydrazine groups is 1. The zero-order valence-corrected chi connectivity index (χ0v) is 13.2. The predicted octanol–water partition coefficient (Wildman–Crippen LogP) is 2.10. The molecule has 7 nitrogen and oxygen atoms in total. The van der Waals surface area contributed by atoms with Crippen LogP contribution in [0, 0.1) is 0 Å². The highest BCUT2D eigenvalue weighted by Gasteiger charge is 2.12. The van der Waals surface area contributed by atoms with Crippen LogP contribution in [-0.4, -0.2) is 24.2 Å². The van der Waals surface area contributed by atoms with Crippen molar-refractivity contribution in [2.24, 2.45) is 0 Å². The van der Waals surface area contributed by atoms with Crippen LogP contribution in [0.1, 0.15) is 40.7 Å². The maximum atomic E-state index is 12.0. The van der Waals surface area contributed by atoms with Gasteiger partial charge in [0.15, 0.2) is 11.5 Å². The molecule has 0 aliphatic carbocycles. The summed E-state index contributed by atoms with van der Waals surface area (Å²) in [4.78, 5) is 35.2. The number of carbonyl (C=O) groups excluding carboxylic acids is 3. The number of carbonyl (C=O) groups is 3. The number of furan rings is 1. The average Bonchev–Trinajstić information content (AvgIpc) is 3.13. The van der Waals surface area contributed by atoms with Gasteiger partial charge in [0, 0.05) is 18.4 Å². The molecule has 0 fully saturated rings. The Morgan fingerprint density at radius 3 is 2.42 bits per heavy atom. The van der Waals surface area contributed by atoms with Gasteiger partial charge < -0.3 is 9.15 Å². The van der Waals surface area contributed by atoms with Gasteiger partial charge in [-0.2, -0.15) is 0 Å². The third kappa shape index (κ3) is 4.98. The molecule has 2 rings (SSSR count). The van der Waals surface area contributed by atoms with Crippen LogP contribution in [0.25, 0.3) is 0 Å². The van der Waals surface area contributed by atoms with Crippen molar-refractivity contribution in [1.82, 2.24) is 10.9 Å². The predicted molar refractivity (Wildman–Crippen MR) is 85.5 cm³/mol. The smallest absolute Gasteiger partial charge is 0.305 e. The molecule has 2 aromatic rings. The Morgan fingerprint density at radius 2 is 1.79 bits per heavy atom. The van der Waals surface area contributed by atoms with Crippen molar-refractivity contribution in [3.8, 4) is 5.75 Å². The molecule has 1 heterocycles. The fourth-order valence-corrected chi connectivity index (χ4v) is 1.93. The Labute approximate surface area is 139 Å². The van der Waals surface area contributed by atoms with E-state index in [-0.39, 0.29) is 24.4 Å². The number of benzene rings is 1. The van der Waals surface area contributed by atoms with Gasteiger partial charge in [0.05, 0.1) is 12.9 Å². The Kier molecular flexibility index (Phi) is 6.13. The van der Waals surface area contributed by atoms with Crippen molar-refractivity contribution < 1.29 is 23.5 Å². The molecular formula is C17H18N2O5. The van der Waals surface area contributed by atoms with Gasteiger partial charge in [-0.1, -0.05) is 0 Å². The van der Waals surface area contributed by atoms with E-state index in [2.05, 4.69) is 10.9 Å². The first-order valence-corrected chi connectivity index (χ1v) is 7.49. The molecule has 0 bridgehead atoms. The summed E-state index contributed by atoms with van der Waals surface area (Å²) in [5.74, 6) is -0.417. The van der Waals surface area contributed by atoms with Crippen LogP contribution in [0.2, 0.25) is 0 Å². The van der Waals surface area contributed by atoms with E-state index in [1.807, 2.05) is 6.92 Å². The molecule has 0 saturated carbocycles. The third-order valence-corrected chi connectivity index (χ3v) is 3.13. The third-order valence-electron chi connectivity index (χ3n) is 3.13. The van der Waals surface area contributed by atoms with Gasteiger partial charge in [0.25, 0.3) is 0 Å². The molecule has 7 heteroatoms. The number of nitrogens with one attached hydrogen (secondary N) is 2. The lowest BCUT2D eigenvalue weighted by molar-refractivity contribution is -0.121. The Hall–Kier alpha value is -3.09. The molecule has 0 atom stereocenters. The average molecular weight is 330 g/mol. The Morgan fingerprint density at radius 1 is 1.04 bits per heavy atom. The van der Waals surface area contributed by atoms with Gasteiger partial charge in [-0.25, -0.2) is 0 Å². The van der Waals surface area contributed by atoms with Crippen molar-refractivity contribution in [1.29, 1.82) is 0 Å². The van der Waals surface area contributed by atoms with Gasteiger partial charge in [-0.05, 0) is 43.3 Å². The standard InChI is InChI=1S/C17H18N2O5/c1-2-23-13-7-5-12(6-8-13)14(20)9-10-16(21)18-19-17(22)15-4-3-11-24-15/h3-8,11H,2,9-10H2,1H3,(H,18,21)(H,19,22). The minimum atomic E-state index is -0.564. The maximum Gasteiger partial charge on any atom is 0.305 e. The number of Topliss-reactive ketones (excluding diaryl/α,β-unsaturated/α-hetero) is 1. The second-order valence-electron chi connectivity index (χ2n) is 4.86. The highest BCUT2D eigenvalue weighted by Crippen LogP contribution is 2.14. The Bertz CT molecular complexity index is 692. The van der Waals surface area contributed by atoms with Crippen LogP contribution in [0.5, 0.6) is 5.75 Å². The second kappa shape index (κ2) is 8.52. The minimum Gasteiger partial charge on any atom is -0.494 e. The summed E-state index contributed by atoms with van der Waals surface area (Å²) in [6.07, 6.45) is 1.35. The molecule has 1 aromatic carbocycles. The van der Waals surface area contributed by atoms with Gasteiger partial charge in [0.1, 0.15) is 5.75 Å². The molecule has 0 saturated heterocycles. The molecule has 0 aliphatic rings. The number of ether oxygens (including phenoxy) is 1. The zero-order chi connectivity index (χ0) is 17.4. The van der Waals surface area contributed by atoms with E-state index < -0.39 is 11.8 Å². The van der Waals surface area contributed by atoms with E-state index in [0.717, 1.165) is 0 Å². The topological polar surface area (TPSA) is 97.6 Å². The SMILES string of the molecule is CCOc1ccc(C(=O)CCC(=O)NNC(=O)c2ccco2)cc1. The fraction of sp³-hybridized carbons (Fsp3) is 0.235. The van der Waals surface area contributed by atoms with Crippen LogP contribution in [0.4, 0.5) is 0 Å². The highest BCUT2D eigenvalue weighted by molar-refractivity contribution is 5.98. The summed E-state index contributed by atoms with van der Waals surface area (Å²) < 4.78 is 10.2. The molecule has 2 N–H and O–H groups in total. The summed E-state index contributed by atoms with van der Waals surface area (Å²) in [7, 11) is 0. The molecule has 1 aromatic heterocycles. The first-order valence-electron chi connectivity index (χ1n) is 7.49. The van der Waals surface area contributed by atoms with Crippen LogP contribution >= 0.6 is 0 Å². The van der Waals surface area contributed by atoms with Crippen LogP contribution in [0.15, 0.2) is 47.1 Å². The molecule has 126 valence electrons. The first-order chi connectivity index (χ1) is 11.6. The lowest BCUT2D eigenvalue weighted by Gasteiger charge is -2.06. The van der Waals surface area contributed by atoms with E-state index in [0.29, 0.717) is 17.9 Å². The van der Waals surface area contributed by atoms with Crippen LogP contribution in [-0.2, 0) is 4.79 Å². The number of ketones is 1. The molecule has 0 aliphatic heterocycles. The maximum absolute atomic E-state index is 12.0. The number of hydrogen-bond acceptors (Lipinski definition) is 5. The van der Waals surface area contributed by atoms with Gasteiger partial charge in [0.2, 0.25) is 5.91 Å². The summed E-state index contributed by atoms with van der Waals surface area (Å²) in [5.41, 5.74) is 4.95. The van der Waals surface area contributed by atoms with E-state index in [9.17, 15) is 14.4 Å². The van der Waals surface area contributed by atoms with E-state index >= 15 is 0 Å². The number of rotatable bonds is 7. The normalized spacial score (nSPS) is 10.0. The minimum absolute atomic E-state index is 0.0372. The number of amides is 2. The fourth-order valence-electron chi connectivity index (χ4n) is 1.93.